The summed E-state index contributed by atoms with van der Waals surface area (Å²) in [4.78, 5) is 22.2. The predicted octanol–water partition coefficient (Wildman–Crippen LogP) is 1.98. The zero-order valence-electron chi connectivity index (χ0n) is 9.86. The van der Waals surface area contributed by atoms with Crippen LogP contribution in [-0.4, -0.2) is 28.8 Å². The fraction of sp³-hybridized carbons (Fsp3) is 0.583. The van der Waals surface area contributed by atoms with Crippen molar-refractivity contribution in [1.29, 1.82) is 0 Å². The minimum Gasteiger partial charge on any atom is -0.356 e. The first kappa shape index (κ1) is 11.0. The van der Waals surface area contributed by atoms with E-state index in [-0.39, 0.29) is 5.78 Å². The molecule has 1 fully saturated rings. The molecule has 2 rings (SSSR count). The molecule has 1 saturated heterocycles. The Morgan fingerprint density at radius 2 is 2.00 bits per heavy atom. The molecule has 1 aromatic rings. The molecule has 0 atom stereocenters. The van der Waals surface area contributed by atoms with Crippen LogP contribution in [0.1, 0.15) is 42.4 Å². The first-order chi connectivity index (χ1) is 7.68. The number of rotatable bonds is 2. The quantitative estimate of drug-likeness (QED) is 0.713. The molecule has 0 amide bonds. The van der Waals surface area contributed by atoms with Crippen LogP contribution < -0.4 is 4.90 Å². The summed E-state index contributed by atoms with van der Waals surface area (Å²) in [6.07, 6.45) is 5.28. The Morgan fingerprint density at radius 1 is 1.31 bits per heavy atom. The van der Waals surface area contributed by atoms with Gasteiger partial charge >= 0.3 is 0 Å². The Bertz CT molecular complexity index is 397. The average Bonchev–Trinajstić information content (AvgIpc) is 2.29. The number of aryl methyl sites for hydroxylation is 1. The molecule has 4 heteroatoms. The van der Waals surface area contributed by atoms with E-state index in [4.69, 9.17) is 0 Å². The summed E-state index contributed by atoms with van der Waals surface area (Å²) in [7, 11) is 0. The van der Waals surface area contributed by atoms with Gasteiger partial charge in [-0.25, -0.2) is 9.97 Å². The van der Waals surface area contributed by atoms with Gasteiger partial charge in [-0.05, 0) is 33.1 Å². The van der Waals surface area contributed by atoms with Crippen LogP contribution in [0, 0.1) is 6.92 Å². The van der Waals surface area contributed by atoms with Crippen molar-refractivity contribution in [3.05, 3.63) is 17.6 Å². The van der Waals surface area contributed by atoms with E-state index in [2.05, 4.69) is 14.9 Å². The summed E-state index contributed by atoms with van der Waals surface area (Å²) < 4.78 is 0. The van der Waals surface area contributed by atoms with Gasteiger partial charge in [-0.15, -0.1) is 0 Å². The highest BCUT2D eigenvalue weighted by molar-refractivity contribution is 5.98. The van der Waals surface area contributed by atoms with Crippen LogP contribution in [0.3, 0.4) is 0 Å². The number of piperidine rings is 1. The van der Waals surface area contributed by atoms with Crippen LogP contribution in [0.15, 0.2) is 6.20 Å². The predicted molar refractivity (Wildman–Crippen MR) is 62.8 cm³/mol. The third kappa shape index (κ3) is 2.21. The number of carbonyl (C=O) groups is 1. The van der Waals surface area contributed by atoms with E-state index in [1.807, 2.05) is 6.92 Å². The van der Waals surface area contributed by atoms with Crippen LogP contribution in [0.5, 0.6) is 0 Å². The lowest BCUT2D eigenvalue weighted by Gasteiger charge is -2.28. The maximum Gasteiger partial charge on any atom is 0.165 e. The van der Waals surface area contributed by atoms with Crippen molar-refractivity contribution in [2.24, 2.45) is 0 Å². The number of Topliss-reactive ketones (excluding diaryl/α,β-unsaturated/α-hetero) is 1. The van der Waals surface area contributed by atoms with Crippen molar-refractivity contribution >= 4 is 11.6 Å². The lowest BCUT2D eigenvalue weighted by molar-refractivity contribution is 0.101. The minimum atomic E-state index is 0.0422. The van der Waals surface area contributed by atoms with Gasteiger partial charge in [0.25, 0.3) is 0 Å². The van der Waals surface area contributed by atoms with Crippen LogP contribution >= 0.6 is 0 Å². The average molecular weight is 219 g/mol. The van der Waals surface area contributed by atoms with E-state index in [1.54, 1.807) is 13.1 Å². The highest BCUT2D eigenvalue weighted by Gasteiger charge is 2.18. The van der Waals surface area contributed by atoms with Gasteiger partial charge in [-0.3, -0.25) is 4.79 Å². The highest BCUT2D eigenvalue weighted by Crippen LogP contribution is 2.21. The van der Waals surface area contributed by atoms with Crippen LogP contribution in [0.4, 0.5) is 5.82 Å². The maximum atomic E-state index is 11.5. The van der Waals surface area contributed by atoms with Gasteiger partial charge in [0.15, 0.2) is 5.78 Å². The van der Waals surface area contributed by atoms with E-state index >= 15 is 0 Å². The Balaban J connectivity index is 2.36. The molecule has 0 spiro atoms. The third-order valence-corrected chi connectivity index (χ3v) is 2.92. The van der Waals surface area contributed by atoms with Crippen molar-refractivity contribution in [2.45, 2.75) is 33.1 Å². The molecule has 1 aliphatic heterocycles. The zero-order chi connectivity index (χ0) is 11.5. The number of carbonyl (C=O) groups excluding carboxylic acids is 1. The largest absolute Gasteiger partial charge is 0.356 e. The van der Waals surface area contributed by atoms with Crippen LogP contribution in [0.25, 0.3) is 0 Å². The molecule has 4 nitrogen and oxygen atoms in total. The summed E-state index contributed by atoms with van der Waals surface area (Å²) in [6.45, 7) is 5.42. The second kappa shape index (κ2) is 4.60. The van der Waals surface area contributed by atoms with Crippen molar-refractivity contribution in [2.75, 3.05) is 18.0 Å². The molecule has 0 unspecified atom stereocenters. The van der Waals surface area contributed by atoms with E-state index in [0.29, 0.717) is 5.56 Å². The van der Waals surface area contributed by atoms with Gasteiger partial charge in [0.05, 0.1) is 5.56 Å². The number of hydrogen-bond acceptors (Lipinski definition) is 4. The molecule has 1 aromatic heterocycles. The van der Waals surface area contributed by atoms with Crippen LogP contribution in [0.2, 0.25) is 0 Å². The van der Waals surface area contributed by atoms with Gasteiger partial charge in [-0.1, -0.05) is 0 Å². The topological polar surface area (TPSA) is 46.1 Å². The summed E-state index contributed by atoms with van der Waals surface area (Å²) >= 11 is 0. The summed E-state index contributed by atoms with van der Waals surface area (Å²) in [6, 6.07) is 0. The molecule has 0 radical (unpaired) electrons. The van der Waals surface area contributed by atoms with Gasteiger partial charge in [-0.2, -0.15) is 0 Å². The van der Waals surface area contributed by atoms with Gasteiger partial charge in [0.1, 0.15) is 11.6 Å². The Kier molecular flexibility index (Phi) is 3.17. The molecule has 0 aromatic carbocycles. The lowest BCUT2D eigenvalue weighted by Crippen LogP contribution is -2.31. The number of ketones is 1. The number of anilines is 1. The summed E-state index contributed by atoms with van der Waals surface area (Å²) in [5.74, 6) is 1.59. The van der Waals surface area contributed by atoms with Crippen LogP contribution in [-0.2, 0) is 0 Å². The SMILES string of the molecule is CC(=O)c1cnc(C)nc1N1CCCCC1. The van der Waals surface area contributed by atoms with E-state index < -0.39 is 0 Å². The van der Waals surface area contributed by atoms with Gasteiger partial charge in [0.2, 0.25) is 0 Å². The van der Waals surface area contributed by atoms with Gasteiger partial charge < -0.3 is 4.90 Å². The molecule has 1 aliphatic rings. The van der Waals surface area contributed by atoms with Crippen molar-refractivity contribution < 1.29 is 4.79 Å². The molecule has 0 bridgehead atoms. The van der Waals surface area contributed by atoms with Crippen molar-refractivity contribution in [1.82, 2.24) is 9.97 Å². The molecule has 0 N–H and O–H groups in total. The molecular formula is C12H17N3O. The van der Waals surface area contributed by atoms with E-state index in [9.17, 15) is 4.79 Å². The Labute approximate surface area is 95.7 Å². The van der Waals surface area contributed by atoms with Crippen molar-refractivity contribution in [3.63, 3.8) is 0 Å². The first-order valence-electron chi connectivity index (χ1n) is 5.78. The molecule has 16 heavy (non-hydrogen) atoms. The summed E-state index contributed by atoms with van der Waals surface area (Å²) in [5.41, 5.74) is 0.646. The second-order valence-electron chi connectivity index (χ2n) is 4.26. The first-order valence-corrected chi connectivity index (χ1v) is 5.78. The monoisotopic (exact) mass is 219 g/mol. The lowest BCUT2D eigenvalue weighted by atomic mass is 10.1. The maximum absolute atomic E-state index is 11.5. The fourth-order valence-electron chi connectivity index (χ4n) is 2.05. The van der Waals surface area contributed by atoms with Gasteiger partial charge in [0, 0.05) is 19.3 Å². The molecule has 0 saturated carbocycles. The number of aromatic nitrogens is 2. The van der Waals surface area contributed by atoms with E-state index in [1.165, 1.54) is 19.3 Å². The smallest absolute Gasteiger partial charge is 0.165 e. The Morgan fingerprint density at radius 3 is 2.62 bits per heavy atom. The standard InChI is InChI=1S/C12H17N3O/c1-9(16)11-8-13-10(2)14-12(11)15-6-4-3-5-7-15/h8H,3-7H2,1-2H3. The fourth-order valence-corrected chi connectivity index (χ4v) is 2.05. The molecular weight excluding hydrogens is 202 g/mol. The number of nitrogens with zero attached hydrogens (tertiary/aromatic N) is 3. The second-order valence-corrected chi connectivity index (χ2v) is 4.26. The Hall–Kier alpha value is -1.45. The normalized spacial score (nSPS) is 16.2. The summed E-state index contributed by atoms with van der Waals surface area (Å²) in [5, 5.41) is 0. The van der Waals surface area contributed by atoms with E-state index in [0.717, 1.165) is 24.7 Å². The molecule has 2 heterocycles. The zero-order valence-corrected chi connectivity index (χ0v) is 9.86. The molecule has 86 valence electrons. The minimum absolute atomic E-state index is 0.0422. The third-order valence-electron chi connectivity index (χ3n) is 2.92. The highest BCUT2D eigenvalue weighted by atomic mass is 16.1. The van der Waals surface area contributed by atoms with Crippen molar-refractivity contribution in [3.8, 4) is 0 Å². The number of hydrogen-bond donors (Lipinski definition) is 0. The molecule has 0 aliphatic carbocycles.